The quantitative estimate of drug-likeness (QED) is 0.922. The predicted octanol–water partition coefficient (Wildman–Crippen LogP) is 2.67. The van der Waals surface area contributed by atoms with E-state index < -0.39 is 0 Å². The fourth-order valence-corrected chi connectivity index (χ4v) is 3.09. The van der Waals surface area contributed by atoms with Crippen molar-refractivity contribution in [2.24, 2.45) is 0 Å². The second kappa shape index (κ2) is 7.53. The molecule has 3 rings (SSSR count). The number of para-hydroxylation sites is 1. The first-order valence-electron chi connectivity index (χ1n) is 8.23. The molecule has 1 atom stereocenters. The van der Waals surface area contributed by atoms with Crippen molar-refractivity contribution in [1.82, 2.24) is 9.88 Å². The van der Waals surface area contributed by atoms with Gasteiger partial charge in [-0.15, -0.1) is 0 Å². The van der Waals surface area contributed by atoms with Crippen molar-refractivity contribution >= 4 is 22.5 Å². The van der Waals surface area contributed by atoms with Crippen molar-refractivity contribution in [2.45, 2.75) is 25.8 Å². The van der Waals surface area contributed by atoms with E-state index in [1.54, 1.807) is 6.20 Å². The van der Waals surface area contributed by atoms with Gasteiger partial charge in [-0.1, -0.05) is 25.1 Å². The highest BCUT2D eigenvalue weighted by molar-refractivity contribution is 6.00. The fraction of sp³-hybridized carbons (Fsp3) is 0.444. The number of hydrogen-bond acceptors (Lipinski definition) is 4. The number of rotatable bonds is 5. The van der Waals surface area contributed by atoms with Gasteiger partial charge in [0.1, 0.15) is 0 Å². The summed E-state index contributed by atoms with van der Waals surface area (Å²) in [5.74, 6) is 0.0431. The third-order valence-electron chi connectivity index (χ3n) is 4.36. The van der Waals surface area contributed by atoms with Crippen LogP contribution in [-0.4, -0.2) is 48.1 Å². The lowest BCUT2D eigenvalue weighted by Crippen LogP contribution is -2.44. The Hall–Kier alpha value is -1.98. The first kappa shape index (κ1) is 15.9. The molecule has 1 aromatic carbocycles. The second-order valence-corrected chi connectivity index (χ2v) is 5.84. The van der Waals surface area contributed by atoms with E-state index >= 15 is 0 Å². The molecule has 1 aliphatic rings. The highest BCUT2D eigenvalue weighted by Crippen LogP contribution is 2.21. The van der Waals surface area contributed by atoms with E-state index in [-0.39, 0.29) is 11.9 Å². The largest absolute Gasteiger partial charge is 0.379 e. The van der Waals surface area contributed by atoms with Crippen LogP contribution in [-0.2, 0) is 9.53 Å². The van der Waals surface area contributed by atoms with Crippen molar-refractivity contribution in [3.05, 3.63) is 36.5 Å². The van der Waals surface area contributed by atoms with Gasteiger partial charge >= 0.3 is 0 Å². The molecule has 0 aliphatic carbocycles. The van der Waals surface area contributed by atoms with Gasteiger partial charge in [-0.3, -0.25) is 14.7 Å². The number of fused-ring (bicyclic) bond motifs is 1. The van der Waals surface area contributed by atoms with Crippen molar-refractivity contribution in [1.29, 1.82) is 0 Å². The standard InChI is InChI=1S/C18H23N3O2/c1-2-15(21-9-11-23-12-10-21)13-17(22)20-16-7-3-5-14-6-4-8-19-18(14)16/h3-8,15H,2,9-13H2,1H3,(H,20,22). The maximum absolute atomic E-state index is 12.5. The molecule has 0 saturated carbocycles. The molecule has 1 unspecified atom stereocenters. The van der Waals surface area contributed by atoms with Crippen molar-refractivity contribution < 1.29 is 9.53 Å². The molecule has 23 heavy (non-hydrogen) atoms. The molecule has 1 fully saturated rings. The SMILES string of the molecule is CCC(CC(=O)Nc1cccc2cccnc12)N1CCOCC1. The molecule has 1 aromatic heterocycles. The number of carbonyl (C=O) groups excluding carboxylic acids is 1. The minimum absolute atomic E-state index is 0.0431. The van der Waals surface area contributed by atoms with E-state index in [0.717, 1.165) is 49.3 Å². The number of ether oxygens (including phenoxy) is 1. The molecule has 122 valence electrons. The zero-order valence-corrected chi connectivity index (χ0v) is 13.5. The number of nitrogens with one attached hydrogen (secondary N) is 1. The van der Waals surface area contributed by atoms with Gasteiger partial charge in [0.2, 0.25) is 5.91 Å². The first-order chi connectivity index (χ1) is 11.3. The van der Waals surface area contributed by atoms with Gasteiger partial charge in [0.05, 0.1) is 24.4 Å². The van der Waals surface area contributed by atoms with E-state index in [9.17, 15) is 4.79 Å². The van der Waals surface area contributed by atoms with Gasteiger partial charge in [-0.25, -0.2) is 0 Å². The maximum atomic E-state index is 12.5. The number of aromatic nitrogens is 1. The third kappa shape index (κ3) is 3.86. The van der Waals surface area contributed by atoms with Crippen LogP contribution in [0.3, 0.4) is 0 Å². The van der Waals surface area contributed by atoms with Crippen LogP contribution in [0.1, 0.15) is 19.8 Å². The number of amides is 1. The Kier molecular flexibility index (Phi) is 5.20. The molecular formula is C18H23N3O2. The fourth-order valence-electron chi connectivity index (χ4n) is 3.09. The molecule has 2 aromatic rings. The molecular weight excluding hydrogens is 290 g/mol. The minimum atomic E-state index is 0.0431. The number of carbonyl (C=O) groups is 1. The molecule has 0 radical (unpaired) electrons. The average Bonchev–Trinajstić information content (AvgIpc) is 2.61. The lowest BCUT2D eigenvalue weighted by atomic mass is 10.1. The summed E-state index contributed by atoms with van der Waals surface area (Å²) in [6.45, 7) is 5.45. The van der Waals surface area contributed by atoms with E-state index in [2.05, 4.69) is 22.1 Å². The Bertz CT molecular complexity index is 663. The maximum Gasteiger partial charge on any atom is 0.226 e. The van der Waals surface area contributed by atoms with Crippen molar-refractivity contribution in [3.63, 3.8) is 0 Å². The van der Waals surface area contributed by atoms with Crippen LogP contribution in [0.2, 0.25) is 0 Å². The molecule has 1 amide bonds. The molecule has 0 bridgehead atoms. The van der Waals surface area contributed by atoms with E-state index in [0.29, 0.717) is 6.42 Å². The van der Waals surface area contributed by atoms with Crippen LogP contribution in [0.4, 0.5) is 5.69 Å². The zero-order chi connectivity index (χ0) is 16.1. The number of pyridine rings is 1. The van der Waals surface area contributed by atoms with Gasteiger partial charge in [0, 0.05) is 37.1 Å². The highest BCUT2D eigenvalue weighted by atomic mass is 16.5. The normalized spacial score (nSPS) is 17.1. The van der Waals surface area contributed by atoms with Crippen LogP contribution in [0.25, 0.3) is 10.9 Å². The van der Waals surface area contributed by atoms with E-state index in [4.69, 9.17) is 4.74 Å². The van der Waals surface area contributed by atoms with Crippen LogP contribution in [0.5, 0.6) is 0 Å². The average molecular weight is 313 g/mol. The number of benzene rings is 1. The summed E-state index contributed by atoms with van der Waals surface area (Å²) in [5.41, 5.74) is 1.62. The summed E-state index contributed by atoms with van der Waals surface area (Å²) in [6, 6.07) is 10.0. The topological polar surface area (TPSA) is 54.5 Å². The minimum Gasteiger partial charge on any atom is -0.379 e. The number of hydrogen-bond donors (Lipinski definition) is 1. The summed E-state index contributed by atoms with van der Waals surface area (Å²) >= 11 is 0. The molecule has 1 aliphatic heterocycles. The smallest absolute Gasteiger partial charge is 0.226 e. The van der Waals surface area contributed by atoms with Gasteiger partial charge in [-0.05, 0) is 18.6 Å². The first-order valence-corrected chi connectivity index (χ1v) is 8.23. The number of nitrogens with zero attached hydrogens (tertiary/aromatic N) is 2. The summed E-state index contributed by atoms with van der Waals surface area (Å²) < 4.78 is 5.39. The third-order valence-corrected chi connectivity index (χ3v) is 4.36. The second-order valence-electron chi connectivity index (χ2n) is 5.84. The molecule has 1 saturated heterocycles. The monoisotopic (exact) mass is 313 g/mol. The van der Waals surface area contributed by atoms with E-state index in [1.807, 2.05) is 30.3 Å². The summed E-state index contributed by atoms with van der Waals surface area (Å²) in [5, 5.41) is 4.06. The Morgan fingerprint density at radius 3 is 2.87 bits per heavy atom. The summed E-state index contributed by atoms with van der Waals surface area (Å²) in [4.78, 5) is 19.2. The Morgan fingerprint density at radius 1 is 1.30 bits per heavy atom. The lowest BCUT2D eigenvalue weighted by Gasteiger charge is -2.33. The van der Waals surface area contributed by atoms with Crippen molar-refractivity contribution in [2.75, 3.05) is 31.6 Å². The van der Waals surface area contributed by atoms with Crippen LogP contribution < -0.4 is 5.32 Å². The van der Waals surface area contributed by atoms with E-state index in [1.165, 1.54) is 0 Å². The lowest BCUT2D eigenvalue weighted by molar-refractivity contribution is -0.118. The predicted molar refractivity (Wildman–Crippen MR) is 91.5 cm³/mol. The van der Waals surface area contributed by atoms with Gasteiger partial charge in [0.25, 0.3) is 0 Å². The number of morpholine rings is 1. The molecule has 1 N–H and O–H groups in total. The molecule has 0 spiro atoms. The van der Waals surface area contributed by atoms with Crippen LogP contribution in [0.15, 0.2) is 36.5 Å². The van der Waals surface area contributed by atoms with Gasteiger partial charge < -0.3 is 10.1 Å². The molecule has 5 heteroatoms. The Morgan fingerprint density at radius 2 is 2.09 bits per heavy atom. The molecule has 5 nitrogen and oxygen atoms in total. The van der Waals surface area contributed by atoms with Gasteiger partial charge in [-0.2, -0.15) is 0 Å². The summed E-state index contributed by atoms with van der Waals surface area (Å²) in [6.07, 6.45) is 3.21. The van der Waals surface area contributed by atoms with Crippen molar-refractivity contribution in [3.8, 4) is 0 Å². The van der Waals surface area contributed by atoms with Crippen LogP contribution in [0, 0.1) is 0 Å². The zero-order valence-electron chi connectivity index (χ0n) is 13.5. The highest BCUT2D eigenvalue weighted by Gasteiger charge is 2.22. The Balaban J connectivity index is 1.68. The van der Waals surface area contributed by atoms with Gasteiger partial charge in [0.15, 0.2) is 0 Å². The summed E-state index contributed by atoms with van der Waals surface area (Å²) in [7, 11) is 0. The molecule has 2 heterocycles. The number of anilines is 1. The Labute approximate surface area is 136 Å². The van der Waals surface area contributed by atoms with Crippen LogP contribution >= 0.6 is 0 Å².